The number of para-hydroxylation sites is 2. The monoisotopic (exact) mass is 531 g/mol. The lowest BCUT2D eigenvalue weighted by Gasteiger charge is -2.35. The van der Waals surface area contributed by atoms with E-state index in [-0.39, 0.29) is 5.82 Å². The van der Waals surface area contributed by atoms with Crippen molar-refractivity contribution >= 4 is 28.8 Å². The van der Waals surface area contributed by atoms with Gasteiger partial charge in [0.05, 0.1) is 16.8 Å². The van der Waals surface area contributed by atoms with Crippen molar-refractivity contribution in [3.8, 4) is 22.3 Å². The maximum Gasteiger partial charge on any atom is 0.123 e. The molecule has 6 aromatic rings. The molecule has 2 aliphatic carbocycles. The number of halogens is 1. The van der Waals surface area contributed by atoms with Crippen molar-refractivity contribution in [2.24, 2.45) is 0 Å². The number of benzene rings is 6. The molecule has 0 amide bonds. The van der Waals surface area contributed by atoms with Gasteiger partial charge in [0.1, 0.15) is 5.82 Å². The summed E-state index contributed by atoms with van der Waals surface area (Å²) in [6.45, 7) is 0. The topological polar surface area (TPSA) is 3.24 Å². The molecule has 40 heavy (non-hydrogen) atoms. The SMILES string of the molecule is Fc1ccc2c(c1)C1(c3ccccc3-c3ccccc31)c1cc(N3c4ccccc4Sc4ccccc43)ccc1-2. The molecule has 188 valence electrons. The molecule has 0 fully saturated rings. The van der Waals surface area contributed by atoms with Crippen molar-refractivity contribution < 1.29 is 4.39 Å². The maximum absolute atomic E-state index is 15.1. The average molecular weight is 532 g/mol. The summed E-state index contributed by atoms with van der Waals surface area (Å²) in [6, 6.07) is 46.7. The van der Waals surface area contributed by atoms with Gasteiger partial charge in [0.15, 0.2) is 0 Å². The zero-order chi connectivity index (χ0) is 26.4. The molecule has 9 rings (SSSR count). The van der Waals surface area contributed by atoms with Crippen LogP contribution in [0, 0.1) is 5.82 Å². The third-order valence-electron chi connectivity index (χ3n) is 8.73. The van der Waals surface area contributed by atoms with E-state index in [4.69, 9.17) is 0 Å². The van der Waals surface area contributed by atoms with Crippen LogP contribution in [0.3, 0.4) is 0 Å². The van der Waals surface area contributed by atoms with Crippen LogP contribution in [0.2, 0.25) is 0 Å². The highest BCUT2D eigenvalue weighted by Crippen LogP contribution is 2.63. The predicted molar refractivity (Wildman–Crippen MR) is 162 cm³/mol. The first kappa shape index (κ1) is 22.2. The summed E-state index contributed by atoms with van der Waals surface area (Å²) in [5.41, 5.74) is 12.2. The molecule has 0 bridgehead atoms. The molecule has 0 saturated heterocycles. The number of hydrogen-bond donors (Lipinski definition) is 0. The Labute approximate surface area is 236 Å². The Bertz CT molecular complexity index is 1930. The van der Waals surface area contributed by atoms with Crippen molar-refractivity contribution in [3.63, 3.8) is 0 Å². The van der Waals surface area contributed by atoms with E-state index in [9.17, 15) is 0 Å². The fourth-order valence-corrected chi connectivity index (χ4v) is 8.28. The largest absolute Gasteiger partial charge is 0.308 e. The van der Waals surface area contributed by atoms with Gasteiger partial charge in [-0.05, 0) is 93.0 Å². The minimum Gasteiger partial charge on any atom is -0.308 e. The average Bonchev–Trinajstić information content (AvgIpc) is 3.46. The van der Waals surface area contributed by atoms with Gasteiger partial charge in [0.2, 0.25) is 0 Å². The van der Waals surface area contributed by atoms with Gasteiger partial charge in [-0.15, -0.1) is 0 Å². The standard InChI is InChI=1S/C37H22FNS/c38-23-17-19-27-28-20-18-24(39-33-13-5-7-15-35(33)40-36-16-8-6-14-34(36)39)22-32(28)37(31(27)21-23)29-11-3-1-9-25(29)26-10-2-4-12-30(26)37/h1-22H. The molecule has 0 N–H and O–H groups in total. The van der Waals surface area contributed by atoms with E-state index in [1.165, 1.54) is 54.5 Å². The minimum atomic E-state index is -0.584. The molecule has 6 aromatic carbocycles. The molecule has 0 atom stereocenters. The third-order valence-corrected chi connectivity index (χ3v) is 9.86. The number of rotatable bonds is 1. The highest BCUT2D eigenvalue weighted by molar-refractivity contribution is 7.99. The van der Waals surface area contributed by atoms with E-state index < -0.39 is 5.41 Å². The van der Waals surface area contributed by atoms with Gasteiger partial charge in [-0.25, -0.2) is 4.39 Å². The Hall–Kier alpha value is -4.60. The smallest absolute Gasteiger partial charge is 0.123 e. The van der Waals surface area contributed by atoms with Gasteiger partial charge >= 0.3 is 0 Å². The van der Waals surface area contributed by atoms with Crippen LogP contribution < -0.4 is 4.90 Å². The van der Waals surface area contributed by atoms with Crippen molar-refractivity contribution in [3.05, 3.63) is 162 Å². The second-order valence-corrected chi connectivity index (χ2v) is 11.7. The zero-order valence-corrected chi connectivity index (χ0v) is 22.3. The van der Waals surface area contributed by atoms with Crippen LogP contribution in [0.25, 0.3) is 22.3 Å². The van der Waals surface area contributed by atoms with Crippen LogP contribution in [0.15, 0.2) is 143 Å². The van der Waals surface area contributed by atoms with Crippen LogP contribution in [-0.4, -0.2) is 0 Å². The second-order valence-electron chi connectivity index (χ2n) is 10.6. The Morgan fingerprint density at radius 1 is 0.475 bits per heavy atom. The number of hydrogen-bond acceptors (Lipinski definition) is 2. The fraction of sp³-hybridized carbons (Fsp3) is 0.0270. The Morgan fingerprint density at radius 2 is 0.975 bits per heavy atom. The fourth-order valence-electron chi connectivity index (χ4n) is 7.22. The Morgan fingerprint density at radius 3 is 1.62 bits per heavy atom. The van der Waals surface area contributed by atoms with Crippen LogP contribution in [0.4, 0.5) is 21.5 Å². The summed E-state index contributed by atoms with van der Waals surface area (Å²) in [4.78, 5) is 4.85. The molecule has 0 aromatic heterocycles. The second kappa shape index (κ2) is 7.97. The summed E-state index contributed by atoms with van der Waals surface area (Å²) in [5.74, 6) is -0.205. The van der Waals surface area contributed by atoms with E-state index in [1.54, 1.807) is 12.1 Å². The van der Waals surface area contributed by atoms with E-state index in [2.05, 4.69) is 120 Å². The molecule has 3 aliphatic rings. The van der Waals surface area contributed by atoms with Crippen LogP contribution in [0.1, 0.15) is 22.3 Å². The highest BCUT2D eigenvalue weighted by atomic mass is 32.2. The first-order valence-electron chi connectivity index (χ1n) is 13.6. The number of fused-ring (bicyclic) bond motifs is 12. The molecular weight excluding hydrogens is 509 g/mol. The Balaban J connectivity index is 1.38. The summed E-state index contributed by atoms with van der Waals surface area (Å²) in [5, 5.41) is 0. The van der Waals surface area contributed by atoms with E-state index in [0.29, 0.717) is 0 Å². The van der Waals surface area contributed by atoms with Gasteiger partial charge in [0, 0.05) is 15.5 Å². The van der Waals surface area contributed by atoms with E-state index >= 15 is 4.39 Å². The zero-order valence-electron chi connectivity index (χ0n) is 21.4. The van der Waals surface area contributed by atoms with Crippen molar-refractivity contribution in [1.82, 2.24) is 0 Å². The highest BCUT2D eigenvalue weighted by Gasteiger charge is 2.52. The molecule has 1 nitrogen and oxygen atoms in total. The van der Waals surface area contributed by atoms with Crippen LogP contribution in [0.5, 0.6) is 0 Å². The lowest BCUT2D eigenvalue weighted by atomic mass is 9.70. The van der Waals surface area contributed by atoms with E-state index in [1.807, 2.05) is 17.8 Å². The predicted octanol–water partition coefficient (Wildman–Crippen LogP) is 10.1. The van der Waals surface area contributed by atoms with Crippen molar-refractivity contribution in [2.75, 3.05) is 4.90 Å². The molecule has 3 heteroatoms. The normalized spacial score (nSPS) is 14.7. The lowest BCUT2D eigenvalue weighted by Crippen LogP contribution is -2.26. The van der Waals surface area contributed by atoms with Crippen LogP contribution >= 0.6 is 11.8 Å². The first-order valence-corrected chi connectivity index (χ1v) is 14.4. The lowest BCUT2D eigenvalue weighted by molar-refractivity contribution is 0.622. The van der Waals surface area contributed by atoms with E-state index in [0.717, 1.165) is 16.8 Å². The molecule has 1 aliphatic heterocycles. The minimum absolute atomic E-state index is 0.205. The Kier molecular flexibility index (Phi) is 4.43. The summed E-state index contributed by atoms with van der Waals surface area (Å²) in [6.07, 6.45) is 0. The quantitative estimate of drug-likeness (QED) is 0.207. The van der Waals surface area contributed by atoms with Crippen molar-refractivity contribution in [1.29, 1.82) is 0 Å². The summed E-state index contributed by atoms with van der Waals surface area (Å²) >= 11 is 1.81. The molecule has 0 saturated carbocycles. The van der Waals surface area contributed by atoms with Crippen molar-refractivity contribution in [2.45, 2.75) is 15.2 Å². The number of anilines is 3. The van der Waals surface area contributed by atoms with Gasteiger partial charge in [-0.1, -0.05) is 96.7 Å². The van der Waals surface area contributed by atoms with Gasteiger partial charge in [0.25, 0.3) is 0 Å². The third kappa shape index (κ3) is 2.73. The van der Waals surface area contributed by atoms with Gasteiger partial charge < -0.3 is 4.90 Å². The number of nitrogens with zero attached hydrogens (tertiary/aromatic N) is 1. The molecule has 0 unspecified atom stereocenters. The summed E-state index contributed by atoms with van der Waals surface area (Å²) < 4.78 is 15.1. The first-order chi connectivity index (χ1) is 19.7. The molecule has 0 radical (unpaired) electrons. The molecule has 1 heterocycles. The maximum atomic E-state index is 15.1. The van der Waals surface area contributed by atoms with Gasteiger partial charge in [-0.2, -0.15) is 0 Å². The van der Waals surface area contributed by atoms with Crippen LogP contribution in [-0.2, 0) is 5.41 Å². The molecular formula is C37H22FNS. The molecule has 1 spiro atoms. The van der Waals surface area contributed by atoms with Gasteiger partial charge in [-0.3, -0.25) is 0 Å². The summed E-state index contributed by atoms with van der Waals surface area (Å²) in [7, 11) is 0.